The van der Waals surface area contributed by atoms with Gasteiger partial charge < -0.3 is 4.79 Å². The van der Waals surface area contributed by atoms with Crippen LogP contribution in [0.3, 0.4) is 0 Å². The maximum absolute atomic E-state index is 12.2. The predicted octanol–water partition coefficient (Wildman–Crippen LogP) is 1.95. The molecule has 0 unspecified atom stereocenters. The van der Waals surface area contributed by atoms with Crippen molar-refractivity contribution in [2.45, 2.75) is 25.9 Å². The molecule has 1 N–H and O–H groups in total. The number of hydrogen-bond acceptors (Lipinski definition) is 2. The molecule has 78 valence electrons. The van der Waals surface area contributed by atoms with Gasteiger partial charge >= 0.3 is 6.18 Å². The number of alkyl halides is 3. The molecule has 3 nitrogen and oxygen atoms in total. The molecule has 0 radical (unpaired) electrons. The van der Waals surface area contributed by atoms with Gasteiger partial charge in [0.1, 0.15) is 11.5 Å². The first-order chi connectivity index (χ1) is 6.41. The normalized spacial score (nSPS) is 11.7. The number of ketones is 1. The van der Waals surface area contributed by atoms with Crippen LogP contribution in [-0.4, -0.2) is 16.0 Å². The number of carbonyl (C=O) groups excluding carboxylic acids is 1. The third-order valence-electron chi connectivity index (χ3n) is 1.75. The lowest BCUT2D eigenvalue weighted by Crippen LogP contribution is -2.09. The second-order valence-electron chi connectivity index (χ2n) is 2.97. The van der Waals surface area contributed by atoms with Gasteiger partial charge in [-0.3, -0.25) is 5.10 Å². The molecule has 0 atom stereocenters. The number of Topliss-reactive ketones (excluding diaryl/α,β-unsaturated/α-hetero) is 1. The molecule has 1 rings (SSSR count). The zero-order chi connectivity index (χ0) is 10.8. The lowest BCUT2D eigenvalue weighted by molar-refractivity contribution is -0.141. The molecule has 0 fully saturated rings. The van der Waals surface area contributed by atoms with Crippen molar-refractivity contribution in [2.75, 3.05) is 0 Å². The Morgan fingerprint density at radius 1 is 1.57 bits per heavy atom. The number of carbonyl (C=O) groups is 1. The van der Waals surface area contributed by atoms with E-state index in [0.717, 1.165) is 6.20 Å². The van der Waals surface area contributed by atoms with Crippen LogP contribution in [0.1, 0.15) is 24.6 Å². The van der Waals surface area contributed by atoms with Crippen LogP contribution < -0.4 is 0 Å². The number of halogens is 3. The first-order valence-electron chi connectivity index (χ1n) is 4.00. The third-order valence-corrected chi connectivity index (χ3v) is 1.75. The van der Waals surface area contributed by atoms with Crippen molar-refractivity contribution in [3.63, 3.8) is 0 Å². The first-order valence-corrected chi connectivity index (χ1v) is 4.00. The van der Waals surface area contributed by atoms with Crippen LogP contribution in [0, 0.1) is 0 Å². The first kappa shape index (κ1) is 10.7. The highest BCUT2D eigenvalue weighted by atomic mass is 19.4. The van der Waals surface area contributed by atoms with E-state index in [4.69, 9.17) is 0 Å². The average Bonchev–Trinajstić information content (AvgIpc) is 2.46. The molecule has 1 aromatic rings. The highest BCUT2D eigenvalue weighted by molar-refractivity contribution is 5.75. The summed E-state index contributed by atoms with van der Waals surface area (Å²) in [6.45, 7) is 1.34. The van der Waals surface area contributed by atoms with Crippen LogP contribution in [0.2, 0.25) is 0 Å². The maximum atomic E-state index is 12.2. The fraction of sp³-hybridized carbons (Fsp3) is 0.500. The van der Waals surface area contributed by atoms with Crippen molar-refractivity contribution >= 4 is 5.78 Å². The van der Waals surface area contributed by atoms with Gasteiger partial charge in [0.2, 0.25) is 0 Å². The minimum absolute atomic E-state index is 0.0349. The smallest absolute Gasteiger partial charge is 0.300 e. The average molecular weight is 206 g/mol. The number of nitrogens with one attached hydrogen (secondary N) is 1. The molecule has 1 aromatic heterocycles. The fourth-order valence-corrected chi connectivity index (χ4v) is 1.06. The van der Waals surface area contributed by atoms with Gasteiger partial charge in [0.25, 0.3) is 0 Å². The summed E-state index contributed by atoms with van der Waals surface area (Å²) >= 11 is 0. The Morgan fingerprint density at radius 2 is 2.21 bits per heavy atom. The standard InChI is InChI=1S/C8H9F3N2O/c1-5(14)2-3-6-4-12-13-7(6)8(9,10)11/h4H,2-3H2,1H3,(H,12,13). The van der Waals surface area contributed by atoms with E-state index in [0.29, 0.717) is 0 Å². The molecule has 0 saturated carbocycles. The number of aromatic amines is 1. The molecule has 0 aromatic carbocycles. The zero-order valence-corrected chi connectivity index (χ0v) is 7.48. The largest absolute Gasteiger partial charge is 0.433 e. The van der Waals surface area contributed by atoms with Crippen molar-refractivity contribution in [1.29, 1.82) is 0 Å². The molecule has 0 aliphatic rings. The maximum Gasteiger partial charge on any atom is 0.433 e. The van der Waals surface area contributed by atoms with E-state index in [1.807, 2.05) is 5.10 Å². The Morgan fingerprint density at radius 3 is 2.71 bits per heavy atom. The molecular weight excluding hydrogens is 197 g/mol. The monoisotopic (exact) mass is 206 g/mol. The van der Waals surface area contributed by atoms with Crippen LogP contribution in [0.25, 0.3) is 0 Å². The van der Waals surface area contributed by atoms with Gasteiger partial charge in [0.15, 0.2) is 0 Å². The van der Waals surface area contributed by atoms with Crippen LogP contribution in [0.4, 0.5) is 13.2 Å². The topological polar surface area (TPSA) is 45.8 Å². The van der Waals surface area contributed by atoms with Crippen molar-refractivity contribution in [1.82, 2.24) is 10.2 Å². The minimum atomic E-state index is -4.43. The summed E-state index contributed by atoms with van der Waals surface area (Å²) in [6.07, 6.45) is -3.16. The van der Waals surface area contributed by atoms with Gasteiger partial charge in [-0.1, -0.05) is 0 Å². The number of aromatic nitrogens is 2. The van der Waals surface area contributed by atoms with E-state index in [-0.39, 0.29) is 24.2 Å². The summed E-state index contributed by atoms with van der Waals surface area (Å²) in [7, 11) is 0. The number of rotatable bonds is 3. The fourth-order valence-electron chi connectivity index (χ4n) is 1.06. The van der Waals surface area contributed by atoms with Crippen molar-refractivity contribution < 1.29 is 18.0 Å². The van der Waals surface area contributed by atoms with E-state index in [1.54, 1.807) is 0 Å². The summed E-state index contributed by atoms with van der Waals surface area (Å²) in [5, 5.41) is 5.19. The Bertz CT molecular complexity index is 330. The van der Waals surface area contributed by atoms with Gasteiger partial charge in [-0.25, -0.2) is 0 Å². The minimum Gasteiger partial charge on any atom is -0.300 e. The molecule has 14 heavy (non-hydrogen) atoms. The van der Waals surface area contributed by atoms with Crippen molar-refractivity contribution in [3.05, 3.63) is 17.5 Å². The Balaban J connectivity index is 2.78. The number of nitrogens with zero attached hydrogens (tertiary/aromatic N) is 1. The number of aryl methyl sites for hydroxylation is 1. The second-order valence-corrected chi connectivity index (χ2v) is 2.97. The molecule has 1 heterocycles. The van der Waals surface area contributed by atoms with E-state index in [1.165, 1.54) is 6.92 Å². The molecular formula is C8H9F3N2O. The van der Waals surface area contributed by atoms with Gasteiger partial charge in [0, 0.05) is 12.0 Å². The lowest BCUT2D eigenvalue weighted by atomic mass is 10.1. The van der Waals surface area contributed by atoms with E-state index >= 15 is 0 Å². The zero-order valence-electron chi connectivity index (χ0n) is 7.48. The van der Waals surface area contributed by atoms with Crippen LogP contribution in [0.15, 0.2) is 6.20 Å². The van der Waals surface area contributed by atoms with Crippen LogP contribution in [0.5, 0.6) is 0 Å². The van der Waals surface area contributed by atoms with Crippen LogP contribution >= 0.6 is 0 Å². The molecule has 6 heteroatoms. The second kappa shape index (κ2) is 3.81. The Hall–Kier alpha value is -1.33. The lowest BCUT2D eigenvalue weighted by Gasteiger charge is -2.05. The van der Waals surface area contributed by atoms with Gasteiger partial charge in [-0.2, -0.15) is 18.3 Å². The van der Waals surface area contributed by atoms with Gasteiger partial charge in [0.05, 0.1) is 6.20 Å². The number of H-pyrrole nitrogens is 1. The summed E-state index contributed by atoms with van der Waals surface area (Å²) in [4.78, 5) is 10.6. The molecule has 0 amide bonds. The quantitative estimate of drug-likeness (QED) is 0.821. The van der Waals surface area contributed by atoms with Gasteiger partial charge in [-0.05, 0) is 13.3 Å². The van der Waals surface area contributed by atoms with E-state index in [9.17, 15) is 18.0 Å². The van der Waals surface area contributed by atoms with Crippen molar-refractivity contribution in [3.8, 4) is 0 Å². The molecule has 0 aliphatic heterocycles. The van der Waals surface area contributed by atoms with Crippen molar-refractivity contribution in [2.24, 2.45) is 0 Å². The summed E-state index contributed by atoms with van der Waals surface area (Å²) in [6, 6.07) is 0. The molecule has 0 bridgehead atoms. The summed E-state index contributed by atoms with van der Waals surface area (Å²) < 4.78 is 36.7. The Kier molecular flexibility index (Phi) is 2.93. The van der Waals surface area contributed by atoms with E-state index < -0.39 is 11.9 Å². The molecule has 0 saturated heterocycles. The number of hydrogen-bond donors (Lipinski definition) is 1. The highest BCUT2D eigenvalue weighted by Gasteiger charge is 2.35. The van der Waals surface area contributed by atoms with E-state index in [2.05, 4.69) is 5.10 Å². The third kappa shape index (κ3) is 2.58. The van der Waals surface area contributed by atoms with Crippen LogP contribution in [-0.2, 0) is 17.4 Å². The predicted molar refractivity (Wildman–Crippen MR) is 42.6 cm³/mol. The SMILES string of the molecule is CC(=O)CCc1cn[nH]c1C(F)(F)F. The molecule has 0 aliphatic carbocycles. The summed E-state index contributed by atoms with van der Waals surface area (Å²) in [5.41, 5.74) is -0.827. The Labute approximate surface area is 78.3 Å². The van der Waals surface area contributed by atoms with Gasteiger partial charge in [-0.15, -0.1) is 0 Å². The highest BCUT2D eigenvalue weighted by Crippen LogP contribution is 2.30. The summed E-state index contributed by atoms with van der Waals surface area (Å²) in [5.74, 6) is -0.140. The molecule has 0 spiro atoms.